The lowest BCUT2D eigenvalue weighted by Gasteiger charge is -2.50. The van der Waals surface area contributed by atoms with E-state index in [1.807, 2.05) is 13.8 Å². The minimum absolute atomic E-state index is 0.0381. The van der Waals surface area contributed by atoms with E-state index in [0.29, 0.717) is 6.61 Å². The normalized spacial score (nSPS) is 36.8. The second-order valence-corrected chi connectivity index (χ2v) is 7.55. The van der Waals surface area contributed by atoms with Crippen LogP contribution in [0.5, 0.6) is 0 Å². The molecule has 100 valence electrons. The lowest BCUT2D eigenvalue weighted by molar-refractivity contribution is 0.0892. The lowest BCUT2D eigenvalue weighted by Crippen LogP contribution is -2.64. The summed E-state index contributed by atoms with van der Waals surface area (Å²) in [5, 5.41) is 0. The Hall–Kier alpha value is -0.170. The molecule has 0 bridgehead atoms. The highest BCUT2D eigenvalue weighted by molar-refractivity contribution is 7.89. The Labute approximate surface area is 103 Å². The Bertz CT molecular complexity index is 374. The van der Waals surface area contributed by atoms with E-state index in [-0.39, 0.29) is 29.4 Å². The minimum Gasteiger partial charge on any atom is -0.377 e. The second kappa shape index (κ2) is 4.50. The van der Waals surface area contributed by atoms with Gasteiger partial charge in [0.15, 0.2) is 0 Å². The standard InChI is InChI=1S/C11H22N2O3S/c1-11(2)9(12)6-10(11)13-17(14,15)7-8-4-3-5-16-8/h8-10,13H,3-7,12H2,1-2H3. The van der Waals surface area contributed by atoms with Gasteiger partial charge in [0.1, 0.15) is 0 Å². The fourth-order valence-electron chi connectivity index (χ4n) is 2.44. The van der Waals surface area contributed by atoms with Crippen LogP contribution in [0.3, 0.4) is 0 Å². The van der Waals surface area contributed by atoms with Crippen LogP contribution in [-0.4, -0.2) is 39.0 Å². The van der Waals surface area contributed by atoms with Gasteiger partial charge in [-0.1, -0.05) is 13.8 Å². The van der Waals surface area contributed by atoms with E-state index >= 15 is 0 Å². The van der Waals surface area contributed by atoms with E-state index in [2.05, 4.69) is 4.72 Å². The fraction of sp³-hybridized carbons (Fsp3) is 1.00. The molecule has 1 saturated heterocycles. The molecular formula is C11H22N2O3S. The highest BCUT2D eigenvalue weighted by Crippen LogP contribution is 2.39. The van der Waals surface area contributed by atoms with Crippen molar-refractivity contribution in [3.63, 3.8) is 0 Å². The van der Waals surface area contributed by atoms with Gasteiger partial charge in [-0.2, -0.15) is 0 Å². The van der Waals surface area contributed by atoms with Crippen molar-refractivity contribution in [3.05, 3.63) is 0 Å². The van der Waals surface area contributed by atoms with Gasteiger partial charge in [-0.25, -0.2) is 13.1 Å². The molecule has 0 radical (unpaired) electrons. The summed E-state index contributed by atoms with van der Waals surface area (Å²) in [6.45, 7) is 4.68. The molecular weight excluding hydrogens is 240 g/mol. The van der Waals surface area contributed by atoms with E-state index in [1.54, 1.807) is 0 Å². The van der Waals surface area contributed by atoms with Crippen molar-refractivity contribution in [2.75, 3.05) is 12.4 Å². The predicted octanol–water partition coefficient (Wildman–Crippen LogP) is 0.211. The molecule has 2 aliphatic rings. The van der Waals surface area contributed by atoms with Crippen molar-refractivity contribution < 1.29 is 13.2 Å². The van der Waals surface area contributed by atoms with E-state index in [4.69, 9.17) is 10.5 Å². The van der Waals surface area contributed by atoms with E-state index in [0.717, 1.165) is 19.3 Å². The summed E-state index contributed by atoms with van der Waals surface area (Å²) in [7, 11) is -3.25. The van der Waals surface area contributed by atoms with Gasteiger partial charge in [-0.15, -0.1) is 0 Å². The summed E-state index contributed by atoms with van der Waals surface area (Å²) in [6.07, 6.45) is 2.39. The topological polar surface area (TPSA) is 81.4 Å². The number of sulfonamides is 1. The number of ether oxygens (including phenoxy) is 1. The highest BCUT2D eigenvalue weighted by atomic mass is 32.2. The first kappa shape index (κ1) is 13.3. The van der Waals surface area contributed by atoms with Crippen molar-refractivity contribution >= 4 is 10.0 Å². The van der Waals surface area contributed by atoms with E-state index < -0.39 is 10.0 Å². The number of nitrogens with two attached hydrogens (primary N) is 1. The molecule has 1 aliphatic carbocycles. The molecule has 1 aliphatic heterocycles. The molecule has 1 saturated carbocycles. The Kier molecular flexibility index (Phi) is 3.51. The molecule has 1 heterocycles. The molecule has 0 aromatic rings. The summed E-state index contributed by atoms with van der Waals surface area (Å²) in [6, 6.07) is 0.0434. The minimum atomic E-state index is -3.25. The van der Waals surface area contributed by atoms with Crippen LogP contribution in [-0.2, 0) is 14.8 Å². The fourth-order valence-corrected chi connectivity index (χ4v) is 4.13. The maximum atomic E-state index is 12.0. The van der Waals surface area contributed by atoms with E-state index in [1.165, 1.54) is 0 Å². The maximum absolute atomic E-state index is 12.0. The predicted molar refractivity (Wildman–Crippen MR) is 66.1 cm³/mol. The maximum Gasteiger partial charge on any atom is 0.214 e. The summed E-state index contributed by atoms with van der Waals surface area (Å²) in [5.41, 5.74) is 5.72. The first-order valence-electron chi connectivity index (χ1n) is 6.18. The number of rotatable bonds is 4. The summed E-state index contributed by atoms with van der Waals surface area (Å²) >= 11 is 0. The van der Waals surface area contributed by atoms with Gasteiger partial charge in [0.2, 0.25) is 10.0 Å². The van der Waals surface area contributed by atoms with Crippen molar-refractivity contribution in [2.24, 2.45) is 11.1 Å². The average molecular weight is 262 g/mol. The van der Waals surface area contributed by atoms with Crippen LogP contribution < -0.4 is 10.5 Å². The molecule has 0 amide bonds. The monoisotopic (exact) mass is 262 g/mol. The van der Waals surface area contributed by atoms with Gasteiger partial charge >= 0.3 is 0 Å². The molecule has 3 unspecified atom stereocenters. The third-order valence-electron chi connectivity index (χ3n) is 4.09. The average Bonchev–Trinajstić information content (AvgIpc) is 2.69. The van der Waals surface area contributed by atoms with Crippen LogP contribution in [0.15, 0.2) is 0 Å². The zero-order valence-electron chi connectivity index (χ0n) is 10.5. The molecule has 6 heteroatoms. The highest BCUT2D eigenvalue weighted by Gasteiger charge is 2.47. The van der Waals surface area contributed by atoms with Crippen molar-refractivity contribution in [2.45, 2.75) is 51.3 Å². The zero-order chi connectivity index (χ0) is 12.7. The first-order chi connectivity index (χ1) is 7.81. The molecule has 3 N–H and O–H groups in total. The van der Waals surface area contributed by atoms with Gasteiger partial charge in [-0.3, -0.25) is 0 Å². The second-order valence-electron chi connectivity index (χ2n) is 5.75. The summed E-state index contributed by atoms with van der Waals surface area (Å²) in [5.74, 6) is 0.0782. The summed E-state index contributed by atoms with van der Waals surface area (Å²) in [4.78, 5) is 0. The van der Waals surface area contributed by atoms with Crippen LogP contribution >= 0.6 is 0 Å². The van der Waals surface area contributed by atoms with Crippen molar-refractivity contribution in [3.8, 4) is 0 Å². The van der Waals surface area contributed by atoms with Gasteiger partial charge in [0.05, 0.1) is 11.9 Å². The molecule has 3 atom stereocenters. The van der Waals surface area contributed by atoms with Crippen LogP contribution in [0.25, 0.3) is 0 Å². The Balaban J connectivity index is 1.89. The van der Waals surface area contributed by atoms with Crippen LogP contribution in [0.4, 0.5) is 0 Å². The Morgan fingerprint density at radius 2 is 2.18 bits per heavy atom. The van der Waals surface area contributed by atoms with Crippen LogP contribution in [0.2, 0.25) is 0 Å². The summed E-state index contributed by atoms with van der Waals surface area (Å²) < 4.78 is 32.0. The van der Waals surface area contributed by atoms with Gasteiger partial charge in [0.25, 0.3) is 0 Å². The number of hydrogen-bond acceptors (Lipinski definition) is 4. The smallest absolute Gasteiger partial charge is 0.214 e. The van der Waals surface area contributed by atoms with Crippen molar-refractivity contribution in [1.29, 1.82) is 0 Å². The molecule has 2 fully saturated rings. The SMILES string of the molecule is CC1(C)C(N)CC1NS(=O)(=O)CC1CCCO1. The molecule has 5 nitrogen and oxygen atoms in total. The van der Waals surface area contributed by atoms with Crippen molar-refractivity contribution in [1.82, 2.24) is 4.72 Å². The van der Waals surface area contributed by atoms with Crippen LogP contribution in [0.1, 0.15) is 33.1 Å². The number of hydrogen-bond donors (Lipinski definition) is 2. The van der Waals surface area contributed by atoms with Gasteiger partial charge in [-0.05, 0) is 24.7 Å². The molecule has 0 aromatic heterocycles. The Morgan fingerprint density at radius 1 is 1.47 bits per heavy atom. The third kappa shape index (κ3) is 2.81. The first-order valence-corrected chi connectivity index (χ1v) is 7.84. The number of nitrogens with one attached hydrogen (secondary N) is 1. The quantitative estimate of drug-likeness (QED) is 0.759. The lowest BCUT2D eigenvalue weighted by atomic mass is 9.64. The third-order valence-corrected chi connectivity index (χ3v) is 5.55. The van der Waals surface area contributed by atoms with Crippen LogP contribution in [0, 0.1) is 5.41 Å². The molecule has 0 spiro atoms. The molecule has 0 aromatic carbocycles. The van der Waals surface area contributed by atoms with Gasteiger partial charge in [0, 0.05) is 18.7 Å². The van der Waals surface area contributed by atoms with E-state index in [9.17, 15) is 8.42 Å². The zero-order valence-corrected chi connectivity index (χ0v) is 11.3. The largest absolute Gasteiger partial charge is 0.377 e. The molecule has 17 heavy (non-hydrogen) atoms. The molecule has 2 rings (SSSR count). The van der Waals surface area contributed by atoms with Gasteiger partial charge < -0.3 is 10.5 Å². The Morgan fingerprint density at radius 3 is 2.65 bits per heavy atom.